The van der Waals surface area contributed by atoms with Crippen LogP contribution >= 0.6 is 11.6 Å². The van der Waals surface area contributed by atoms with Gasteiger partial charge in [-0.3, -0.25) is 9.69 Å². The predicted octanol–water partition coefficient (Wildman–Crippen LogP) is 3.70. The van der Waals surface area contributed by atoms with E-state index in [9.17, 15) is 4.79 Å². The molecule has 2 aromatic carbocycles. The largest absolute Gasteiger partial charge is 0.496 e. The molecule has 4 nitrogen and oxygen atoms in total. The number of para-hydroxylation sites is 1. The van der Waals surface area contributed by atoms with Crippen LogP contribution in [0.1, 0.15) is 24.1 Å². The number of carbonyl (C=O) groups is 1. The summed E-state index contributed by atoms with van der Waals surface area (Å²) in [5.41, 5.74) is 2.18. The van der Waals surface area contributed by atoms with Crippen LogP contribution in [-0.2, 0) is 11.2 Å². The Morgan fingerprint density at radius 2 is 2.00 bits per heavy atom. The Hall–Kier alpha value is -2.04. The van der Waals surface area contributed by atoms with Crippen LogP contribution in [0.5, 0.6) is 5.75 Å². The van der Waals surface area contributed by atoms with Gasteiger partial charge in [-0.25, -0.2) is 0 Å². The van der Waals surface area contributed by atoms with E-state index in [0.717, 1.165) is 23.3 Å². The molecule has 25 heavy (non-hydrogen) atoms. The maximum atomic E-state index is 12.2. The van der Waals surface area contributed by atoms with Crippen molar-refractivity contribution in [2.45, 2.75) is 19.4 Å². The number of halogens is 1. The summed E-state index contributed by atoms with van der Waals surface area (Å²) in [5.74, 6) is 0.842. The quantitative estimate of drug-likeness (QED) is 0.780. The highest BCUT2D eigenvalue weighted by molar-refractivity contribution is 6.30. The monoisotopic (exact) mass is 360 g/mol. The minimum absolute atomic E-state index is 0.00581. The molecule has 0 radical (unpaired) electrons. The second-order valence-corrected chi connectivity index (χ2v) is 6.50. The molecule has 0 unspecified atom stereocenters. The lowest BCUT2D eigenvalue weighted by molar-refractivity contribution is -0.122. The molecule has 0 bridgehead atoms. The van der Waals surface area contributed by atoms with E-state index < -0.39 is 0 Å². The first-order chi connectivity index (χ1) is 12.0. The van der Waals surface area contributed by atoms with E-state index in [-0.39, 0.29) is 11.9 Å². The maximum absolute atomic E-state index is 12.2. The minimum atomic E-state index is 0.00581. The van der Waals surface area contributed by atoms with Gasteiger partial charge in [-0.1, -0.05) is 41.9 Å². The summed E-state index contributed by atoms with van der Waals surface area (Å²) in [4.78, 5) is 14.2. The zero-order valence-electron chi connectivity index (χ0n) is 15.0. The summed E-state index contributed by atoms with van der Waals surface area (Å²) in [6.45, 7) is 2.99. The topological polar surface area (TPSA) is 41.6 Å². The number of rotatable bonds is 8. The number of likely N-dealkylation sites (N-methyl/N-ethyl adjacent to an activating group) is 1. The van der Waals surface area contributed by atoms with Crippen molar-refractivity contribution < 1.29 is 9.53 Å². The van der Waals surface area contributed by atoms with Crippen molar-refractivity contribution in [1.82, 2.24) is 10.2 Å². The first-order valence-electron chi connectivity index (χ1n) is 8.35. The average Bonchev–Trinajstić information content (AvgIpc) is 2.61. The Bertz CT molecular complexity index is 706. The number of benzene rings is 2. The van der Waals surface area contributed by atoms with Crippen molar-refractivity contribution in [2.75, 3.05) is 27.2 Å². The summed E-state index contributed by atoms with van der Waals surface area (Å²) in [7, 11) is 3.60. The van der Waals surface area contributed by atoms with Crippen LogP contribution in [0.25, 0.3) is 0 Å². The Kier molecular flexibility index (Phi) is 7.29. The molecule has 0 aliphatic heterocycles. The molecular weight excluding hydrogens is 336 g/mol. The fourth-order valence-electron chi connectivity index (χ4n) is 2.71. The molecule has 0 saturated heterocycles. The summed E-state index contributed by atoms with van der Waals surface area (Å²) in [5, 5.41) is 3.68. The number of methoxy groups -OCH3 is 1. The first-order valence-corrected chi connectivity index (χ1v) is 8.73. The first kappa shape index (κ1) is 19.3. The van der Waals surface area contributed by atoms with Crippen LogP contribution in [0, 0.1) is 0 Å². The van der Waals surface area contributed by atoms with Gasteiger partial charge in [0.2, 0.25) is 5.91 Å². The van der Waals surface area contributed by atoms with Crippen LogP contribution in [0.2, 0.25) is 5.02 Å². The van der Waals surface area contributed by atoms with Gasteiger partial charge in [-0.15, -0.1) is 0 Å². The lowest BCUT2D eigenvalue weighted by Crippen LogP contribution is -2.37. The van der Waals surface area contributed by atoms with Gasteiger partial charge in [0, 0.05) is 23.2 Å². The molecule has 0 aromatic heterocycles. The van der Waals surface area contributed by atoms with Gasteiger partial charge in [0.1, 0.15) is 5.75 Å². The summed E-state index contributed by atoms with van der Waals surface area (Å²) >= 11 is 5.97. The molecule has 0 saturated carbocycles. The summed E-state index contributed by atoms with van der Waals surface area (Å²) < 4.78 is 5.41. The Labute approximate surface area is 154 Å². The van der Waals surface area contributed by atoms with E-state index in [1.54, 1.807) is 7.11 Å². The molecule has 0 fully saturated rings. The van der Waals surface area contributed by atoms with E-state index in [2.05, 4.69) is 12.2 Å². The van der Waals surface area contributed by atoms with E-state index in [4.69, 9.17) is 16.3 Å². The van der Waals surface area contributed by atoms with E-state index in [1.807, 2.05) is 60.5 Å². The van der Waals surface area contributed by atoms with Gasteiger partial charge < -0.3 is 10.1 Å². The number of nitrogens with one attached hydrogen (secondary N) is 1. The van der Waals surface area contributed by atoms with Crippen LogP contribution in [-0.4, -0.2) is 38.1 Å². The molecule has 1 N–H and O–H groups in total. The Balaban J connectivity index is 1.83. The van der Waals surface area contributed by atoms with Gasteiger partial charge in [0.05, 0.1) is 13.7 Å². The number of carbonyl (C=O) groups excluding carboxylic acids is 1. The van der Waals surface area contributed by atoms with E-state index >= 15 is 0 Å². The van der Waals surface area contributed by atoms with Gasteiger partial charge in [-0.2, -0.15) is 0 Å². The summed E-state index contributed by atoms with van der Waals surface area (Å²) in [6.07, 6.45) is 0.762. The molecule has 0 heterocycles. The molecule has 2 aromatic rings. The molecule has 5 heteroatoms. The Morgan fingerprint density at radius 3 is 2.72 bits per heavy atom. The van der Waals surface area contributed by atoms with Crippen molar-refractivity contribution in [2.24, 2.45) is 0 Å². The highest BCUT2D eigenvalue weighted by atomic mass is 35.5. The lowest BCUT2D eigenvalue weighted by atomic mass is 10.1. The smallest absolute Gasteiger partial charge is 0.234 e. The fourth-order valence-corrected chi connectivity index (χ4v) is 2.92. The van der Waals surface area contributed by atoms with Gasteiger partial charge in [0.15, 0.2) is 0 Å². The third kappa shape index (κ3) is 5.76. The zero-order chi connectivity index (χ0) is 18.2. The third-order valence-corrected chi connectivity index (χ3v) is 4.50. The van der Waals surface area contributed by atoms with Crippen LogP contribution in [0.15, 0.2) is 48.5 Å². The molecule has 2 rings (SSSR count). The number of amides is 1. The second kappa shape index (κ2) is 9.44. The van der Waals surface area contributed by atoms with Crippen molar-refractivity contribution in [1.29, 1.82) is 0 Å². The summed E-state index contributed by atoms with van der Waals surface area (Å²) in [6, 6.07) is 15.7. The SMILES string of the molecule is COc1ccccc1[C@@H](C)N(C)CC(=O)NCCc1cccc(Cl)c1. The van der Waals surface area contributed by atoms with Crippen molar-refractivity contribution in [3.05, 3.63) is 64.7 Å². The van der Waals surface area contributed by atoms with Gasteiger partial charge in [0.25, 0.3) is 0 Å². The highest BCUT2D eigenvalue weighted by Crippen LogP contribution is 2.27. The van der Waals surface area contributed by atoms with E-state index in [1.165, 1.54) is 0 Å². The number of ether oxygens (including phenoxy) is 1. The minimum Gasteiger partial charge on any atom is -0.496 e. The van der Waals surface area contributed by atoms with Crippen LogP contribution in [0.4, 0.5) is 0 Å². The molecule has 0 aliphatic carbocycles. The van der Waals surface area contributed by atoms with E-state index in [0.29, 0.717) is 18.1 Å². The van der Waals surface area contributed by atoms with Crippen molar-refractivity contribution in [3.8, 4) is 5.75 Å². The van der Waals surface area contributed by atoms with Crippen molar-refractivity contribution in [3.63, 3.8) is 0 Å². The Morgan fingerprint density at radius 1 is 1.24 bits per heavy atom. The fraction of sp³-hybridized carbons (Fsp3) is 0.350. The average molecular weight is 361 g/mol. The van der Waals surface area contributed by atoms with Gasteiger partial charge >= 0.3 is 0 Å². The third-order valence-electron chi connectivity index (χ3n) is 4.27. The number of hydrogen-bond acceptors (Lipinski definition) is 3. The molecule has 134 valence electrons. The van der Waals surface area contributed by atoms with Crippen LogP contribution < -0.4 is 10.1 Å². The molecule has 0 spiro atoms. The predicted molar refractivity (Wildman–Crippen MR) is 102 cm³/mol. The lowest BCUT2D eigenvalue weighted by Gasteiger charge is -2.25. The second-order valence-electron chi connectivity index (χ2n) is 6.06. The number of hydrogen-bond donors (Lipinski definition) is 1. The molecule has 0 aliphatic rings. The standard InChI is InChI=1S/C20H25ClN2O2/c1-15(18-9-4-5-10-19(18)25-3)23(2)14-20(24)22-12-11-16-7-6-8-17(21)13-16/h4-10,13,15H,11-12,14H2,1-3H3,(H,22,24)/t15-/m1/s1. The normalized spacial score (nSPS) is 12.0. The molecule has 1 atom stereocenters. The molecule has 1 amide bonds. The van der Waals surface area contributed by atoms with Gasteiger partial charge in [-0.05, 0) is 44.2 Å². The number of nitrogens with zero attached hydrogens (tertiary/aromatic N) is 1. The maximum Gasteiger partial charge on any atom is 0.234 e. The highest BCUT2D eigenvalue weighted by Gasteiger charge is 2.17. The van der Waals surface area contributed by atoms with Crippen molar-refractivity contribution >= 4 is 17.5 Å². The van der Waals surface area contributed by atoms with Crippen LogP contribution in [0.3, 0.4) is 0 Å². The molecular formula is C20H25ClN2O2. The zero-order valence-corrected chi connectivity index (χ0v) is 15.7.